The highest BCUT2D eigenvalue weighted by molar-refractivity contribution is 6.05. The molecule has 0 N–H and O–H groups in total. The second kappa shape index (κ2) is 6.88. The molecule has 2 fully saturated rings. The molecule has 0 radical (unpaired) electrons. The average molecular weight is 392 g/mol. The number of aryl methyl sites for hydroxylation is 2. The van der Waals surface area contributed by atoms with Gasteiger partial charge in [0.15, 0.2) is 11.5 Å². The van der Waals surface area contributed by atoms with Gasteiger partial charge in [-0.15, -0.1) is 0 Å². The predicted octanol–water partition coefficient (Wildman–Crippen LogP) is 2.65. The molecule has 6 nitrogen and oxygen atoms in total. The molecule has 2 saturated heterocycles. The van der Waals surface area contributed by atoms with Gasteiger partial charge in [0, 0.05) is 19.6 Å². The summed E-state index contributed by atoms with van der Waals surface area (Å²) in [6.45, 7) is 6.76. The quantitative estimate of drug-likeness (QED) is 0.749. The SMILES string of the molecule is Cc1ccc(CN2C[C@@H]3C(=O)N(Cc4ccc5c(c4)OCO5)C(=O)[C@@H]3C2)cc1C. The van der Waals surface area contributed by atoms with Gasteiger partial charge < -0.3 is 9.47 Å². The number of hydrogen-bond acceptors (Lipinski definition) is 5. The van der Waals surface area contributed by atoms with E-state index in [2.05, 4.69) is 36.9 Å². The third-order valence-electron chi connectivity index (χ3n) is 6.32. The lowest BCUT2D eigenvalue weighted by molar-refractivity contribution is -0.141. The maximum atomic E-state index is 13.0. The summed E-state index contributed by atoms with van der Waals surface area (Å²) < 4.78 is 10.7. The van der Waals surface area contributed by atoms with Crippen LogP contribution in [0, 0.1) is 25.7 Å². The first kappa shape index (κ1) is 18.2. The van der Waals surface area contributed by atoms with E-state index in [1.54, 1.807) is 0 Å². The van der Waals surface area contributed by atoms with Crippen LogP contribution in [0.5, 0.6) is 11.5 Å². The minimum atomic E-state index is -0.233. The van der Waals surface area contributed by atoms with Crippen molar-refractivity contribution in [2.24, 2.45) is 11.8 Å². The van der Waals surface area contributed by atoms with E-state index in [1.165, 1.54) is 21.6 Å². The first-order valence-electron chi connectivity index (χ1n) is 10.0. The van der Waals surface area contributed by atoms with Gasteiger partial charge in [0.1, 0.15) is 0 Å². The molecule has 6 heteroatoms. The third-order valence-corrected chi connectivity index (χ3v) is 6.32. The van der Waals surface area contributed by atoms with Crippen LogP contribution in [-0.4, -0.2) is 41.5 Å². The molecule has 150 valence electrons. The molecule has 3 aliphatic heterocycles. The second-order valence-electron chi connectivity index (χ2n) is 8.28. The van der Waals surface area contributed by atoms with Crippen LogP contribution in [0.4, 0.5) is 0 Å². The van der Waals surface area contributed by atoms with E-state index in [9.17, 15) is 9.59 Å². The van der Waals surface area contributed by atoms with E-state index in [0.29, 0.717) is 31.1 Å². The summed E-state index contributed by atoms with van der Waals surface area (Å²) in [7, 11) is 0. The van der Waals surface area contributed by atoms with Crippen molar-refractivity contribution in [1.82, 2.24) is 9.80 Å². The number of benzene rings is 2. The van der Waals surface area contributed by atoms with Gasteiger partial charge in [-0.3, -0.25) is 19.4 Å². The van der Waals surface area contributed by atoms with Gasteiger partial charge in [-0.2, -0.15) is 0 Å². The Balaban J connectivity index is 1.26. The Hall–Kier alpha value is -2.86. The van der Waals surface area contributed by atoms with E-state index >= 15 is 0 Å². The summed E-state index contributed by atoms with van der Waals surface area (Å²) in [5, 5.41) is 0. The van der Waals surface area contributed by atoms with Crippen molar-refractivity contribution in [3.63, 3.8) is 0 Å². The minimum absolute atomic E-state index is 0.0553. The Labute approximate surface area is 170 Å². The molecule has 2 atom stereocenters. The molecule has 0 aliphatic carbocycles. The van der Waals surface area contributed by atoms with Crippen LogP contribution in [0.3, 0.4) is 0 Å². The molecular weight excluding hydrogens is 368 g/mol. The summed E-state index contributed by atoms with van der Waals surface area (Å²) in [6.07, 6.45) is 0. The lowest BCUT2D eigenvalue weighted by atomic mass is 10.00. The van der Waals surface area contributed by atoms with Crippen LogP contribution in [0.1, 0.15) is 22.3 Å². The molecule has 0 bridgehead atoms. The molecule has 3 aliphatic rings. The van der Waals surface area contributed by atoms with Crippen molar-refractivity contribution in [3.8, 4) is 11.5 Å². The van der Waals surface area contributed by atoms with Crippen LogP contribution in [-0.2, 0) is 22.7 Å². The molecule has 0 aromatic heterocycles. The largest absolute Gasteiger partial charge is 0.454 e. The fourth-order valence-electron chi connectivity index (χ4n) is 4.56. The van der Waals surface area contributed by atoms with Gasteiger partial charge in [0.05, 0.1) is 18.4 Å². The standard InChI is InChI=1S/C23H24N2O4/c1-14-3-4-16(7-15(14)2)9-24-11-18-19(12-24)23(27)25(22(18)26)10-17-5-6-20-21(8-17)29-13-28-20/h3-8,18-19H,9-13H2,1-2H3/t18-,19+. The Kier molecular flexibility index (Phi) is 4.32. The second-order valence-corrected chi connectivity index (χ2v) is 8.28. The number of ether oxygens (including phenoxy) is 2. The minimum Gasteiger partial charge on any atom is -0.454 e. The van der Waals surface area contributed by atoms with Crippen molar-refractivity contribution < 1.29 is 19.1 Å². The normalized spacial score (nSPS) is 23.2. The number of nitrogens with zero attached hydrogens (tertiary/aromatic N) is 2. The smallest absolute Gasteiger partial charge is 0.234 e. The van der Waals surface area contributed by atoms with Gasteiger partial charge >= 0.3 is 0 Å². The van der Waals surface area contributed by atoms with Crippen molar-refractivity contribution in [2.75, 3.05) is 19.9 Å². The van der Waals surface area contributed by atoms with Gasteiger partial charge in [-0.1, -0.05) is 24.3 Å². The zero-order chi connectivity index (χ0) is 20.1. The molecule has 2 aromatic rings. The highest BCUT2D eigenvalue weighted by Gasteiger charge is 2.52. The fourth-order valence-corrected chi connectivity index (χ4v) is 4.56. The number of carbonyl (C=O) groups excluding carboxylic acids is 2. The van der Waals surface area contributed by atoms with Crippen LogP contribution < -0.4 is 9.47 Å². The molecule has 5 rings (SSSR count). The number of imide groups is 1. The Morgan fingerprint density at radius 2 is 1.48 bits per heavy atom. The van der Waals surface area contributed by atoms with E-state index in [-0.39, 0.29) is 30.4 Å². The molecule has 0 saturated carbocycles. The first-order valence-corrected chi connectivity index (χ1v) is 10.0. The Morgan fingerprint density at radius 1 is 0.828 bits per heavy atom. The highest BCUT2D eigenvalue weighted by atomic mass is 16.7. The zero-order valence-electron chi connectivity index (χ0n) is 16.7. The lowest BCUT2D eigenvalue weighted by Gasteiger charge is -2.21. The number of amides is 2. The monoisotopic (exact) mass is 392 g/mol. The maximum absolute atomic E-state index is 13.0. The average Bonchev–Trinajstić information content (AvgIpc) is 3.38. The van der Waals surface area contributed by atoms with Crippen molar-refractivity contribution >= 4 is 11.8 Å². The molecule has 0 unspecified atom stereocenters. The van der Waals surface area contributed by atoms with E-state index in [0.717, 1.165) is 12.1 Å². The third kappa shape index (κ3) is 3.17. The van der Waals surface area contributed by atoms with Crippen LogP contribution >= 0.6 is 0 Å². The molecular formula is C23H24N2O4. The lowest BCUT2D eigenvalue weighted by Crippen LogP contribution is -2.35. The fraction of sp³-hybridized carbons (Fsp3) is 0.391. The maximum Gasteiger partial charge on any atom is 0.234 e. The van der Waals surface area contributed by atoms with Crippen molar-refractivity contribution in [1.29, 1.82) is 0 Å². The van der Waals surface area contributed by atoms with E-state index in [1.807, 2.05) is 18.2 Å². The number of likely N-dealkylation sites (tertiary alicyclic amines) is 2. The molecule has 2 amide bonds. The summed E-state index contributed by atoms with van der Waals surface area (Å²) in [5.41, 5.74) is 4.65. The summed E-state index contributed by atoms with van der Waals surface area (Å²) in [5.74, 6) is 0.791. The summed E-state index contributed by atoms with van der Waals surface area (Å²) >= 11 is 0. The topological polar surface area (TPSA) is 59.1 Å². The van der Waals surface area contributed by atoms with E-state index in [4.69, 9.17) is 9.47 Å². The number of hydrogen-bond donors (Lipinski definition) is 0. The number of carbonyl (C=O) groups is 2. The van der Waals surface area contributed by atoms with Gasteiger partial charge in [-0.05, 0) is 48.2 Å². The number of fused-ring (bicyclic) bond motifs is 2. The van der Waals surface area contributed by atoms with Crippen LogP contribution in [0.25, 0.3) is 0 Å². The number of rotatable bonds is 4. The summed E-state index contributed by atoms with van der Waals surface area (Å²) in [6, 6.07) is 12.0. The van der Waals surface area contributed by atoms with Crippen LogP contribution in [0.2, 0.25) is 0 Å². The van der Waals surface area contributed by atoms with Gasteiger partial charge in [0.2, 0.25) is 18.6 Å². The molecule has 29 heavy (non-hydrogen) atoms. The molecule has 3 heterocycles. The van der Waals surface area contributed by atoms with Crippen molar-refractivity contribution in [3.05, 3.63) is 58.7 Å². The Morgan fingerprint density at radius 3 is 2.21 bits per heavy atom. The zero-order valence-corrected chi connectivity index (χ0v) is 16.7. The van der Waals surface area contributed by atoms with Gasteiger partial charge in [0.25, 0.3) is 0 Å². The predicted molar refractivity (Wildman–Crippen MR) is 106 cm³/mol. The van der Waals surface area contributed by atoms with Gasteiger partial charge in [-0.25, -0.2) is 0 Å². The molecule has 0 spiro atoms. The van der Waals surface area contributed by atoms with E-state index < -0.39 is 0 Å². The summed E-state index contributed by atoms with van der Waals surface area (Å²) in [4.78, 5) is 29.6. The highest BCUT2D eigenvalue weighted by Crippen LogP contribution is 2.37. The van der Waals surface area contributed by atoms with Crippen LogP contribution in [0.15, 0.2) is 36.4 Å². The first-order chi connectivity index (χ1) is 14.0. The van der Waals surface area contributed by atoms with Crippen molar-refractivity contribution in [2.45, 2.75) is 26.9 Å². The Bertz CT molecular complexity index is 978. The molecule has 2 aromatic carbocycles.